The lowest BCUT2D eigenvalue weighted by Gasteiger charge is -2.30. The summed E-state index contributed by atoms with van der Waals surface area (Å²) in [7, 11) is 0. The Morgan fingerprint density at radius 3 is 2.95 bits per heavy atom. The van der Waals surface area contributed by atoms with Crippen LogP contribution in [0, 0.1) is 11.7 Å². The molecule has 0 radical (unpaired) electrons. The fourth-order valence-electron chi connectivity index (χ4n) is 2.68. The van der Waals surface area contributed by atoms with Crippen molar-refractivity contribution < 1.29 is 19.0 Å². The molecule has 2 atom stereocenters. The van der Waals surface area contributed by atoms with E-state index in [1.807, 2.05) is 11.8 Å². The van der Waals surface area contributed by atoms with Crippen LogP contribution < -0.4 is 0 Å². The zero-order valence-electron chi connectivity index (χ0n) is 11.9. The summed E-state index contributed by atoms with van der Waals surface area (Å²) in [6.07, 6.45) is 0.852. The van der Waals surface area contributed by atoms with Gasteiger partial charge in [-0.2, -0.15) is 0 Å². The van der Waals surface area contributed by atoms with Crippen LogP contribution in [0.1, 0.15) is 18.9 Å². The zero-order valence-corrected chi connectivity index (χ0v) is 12.6. The average molecular weight is 316 g/mol. The first kappa shape index (κ1) is 16.2. The normalized spacial score (nSPS) is 21.9. The van der Waals surface area contributed by atoms with Crippen LogP contribution in [0.4, 0.5) is 4.39 Å². The first-order valence-electron chi connectivity index (χ1n) is 7.02. The van der Waals surface area contributed by atoms with Crippen LogP contribution >= 0.6 is 11.6 Å². The minimum Gasteiger partial charge on any atom is -0.481 e. The molecular weight excluding hydrogens is 297 g/mol. The molecule has 1 aromatic carbocycles. The number of ether oxygens (including phenoxy) is 1. The van der Waals surface area contributed by atoms with E-state index in [0.29, 0.717) is 25.3 Å². The Kier molecular flexibility index (Phi) is 5.56. The SMILES string of the molecule is CCCN(Cc1cccc(Cl)c1F)C1COCC1C(=O)O. The molecule has 1 saturated heterocycles. The summed E-state index contributed by atoms with van der Waals surface area (Å²) in [6.45, 7) is 3.59. The number of rotatable bonds is 6. The Hall–Kier alpha value is -1.17. The standard InChI is InChI=1S/C15H19ClFNO3/c1-2-6-18(13-9-21-8-11(13)15(19)20)7-10-4-3-5-12(16)14(10)17/h3-5,11,13H,2,6-9H2,1H3,(H,19,20). The third-order valence-corrected chi connectivity index (χ3v) is 4.04. The number of benzene rings is 1. The number of hydrogen-bond donors (Lipinski definition) is 1. The van der Waals surface area contributed by atoms with Crippen LogP contribution in [0.15, 0.2) is 18.2 Å². The summed E-state index contributed by atoms with van der Waals surface area (Å²) in [5.41, 5.74) is 0.479. The minimum atomic E-state index is -0.870. The van der Waals surface area contributed by atoms with Crippen LogP contribution in [0.2, 0.25) is 5.02 Å². The largest absolute Gasteiger partial charge is 0.481 e. The summed E-state index contributed by atoms with van der Waals surface area (Å²) < 4.78 is 19.3. The van der Waals surface area contributed by atoms with Gasteiger partial charge >= 0.3 is 5.97 Å². The van der Waals surface area contributed by atoms with Crippen molar-refractivity contribution in [1.29, 1.82) is 0 Å². The number of nitrogens with zero attached hydrogens (tertiary/aromatic N) is 1. The molecule has 4 nitrogen and oxygen atoms in total. The number of carboxylic acid groups (broad SMARTS) is 1. The number of halogens is 2. The summed E-state index contributed by atoms with van der Waals surface area (Å²) in [6, 6.07) is 4.64. The van der Waals surface area contributed by atoms with E-state index in [9.17, 15) is 14.3 Å². The Morgan fingerprint density at radius 1 is 1.52 bits per heavy atom. The molecule has 1 fully saturated rings. The highest BCUT2D eigenvalue weighted by molar-refractivity contribution is 6.30. The van der Waals surface area contributed by atoms with Crippen molar-refractivity contribution in [3.63, 3.8) is 0 Å². The number of hydrogen-bond acceptors (Lipinski definition) is 3. The van der Waals surface area contributed by atoms with E-state index in [1.165, 1.54) is 6.07 Å². The van der Waals surface area contributed by atoms with E-state index in [0.717, 1.165) is 6.42 Å². The third kappa shape index (κ3) is 3.73. The van der Waals surface area contributed by atoms with Gasteiger partial charge in [0.05, 0.1) is 24.2 Å². The second-order valence-corrected chi connectivity index (χ2v) is 5.64. The Morgan fingerprint density at radius 2 is 2.29 bits per heavy atom. The predicted octanol–water partition coefficient (Wildman–Crippen LogP) is 2.79. The highest BCUT2D eigenvalue weighted by Crippen LogP contribution is 2.25. The van der Waals surface area contributed by atoms with Crippen molar-refractivity contribution >= 4 is 17.6 Å². The van der Waals surface area contributed by atoms with Crippen molar-refractivity contribution in [1.82, 2.24) is 4.90 Å². The summed E-state index contributed by atoms with van der Waals surface area (Å²) in [5.74, 6) is -1.88. The van der Waals surface area contributed by atoms with Crippen molar-refractivity contribution in [3.05, 3.63) is 34.6 Å². The van der Waals surface area contributed by atoms with E-state index in [1.54, 1.807) is 12.1 Å². The van der Waals surface area contributed by atoms with Crippen molar-refractivity contribution in [2.75, 3.05) is 19.8 Å². The lowest BCUT2D eigenvalue weighted by atomic mass is 10.0. The molecule has 116 valence electrons. The molecule has 0 amide bonds. The monoisotopic (exact) mass is 315 g/mol. The van der Waals surface area contributed by atoms with Gasteiger partial charge in [0, 0.05) is 18.2 Å². The van der Waals surface area contributed by atoms with E-state index < -0.39 is 17.7 Å². The molecule has 1 aromatic rings. The highest BCUT2D eigenvalue weighted by Gasteiger charge is 2.37. The molecule has 6 heteroatoms. The second kappa shape index (κ2) is 7.20. The van der Waals surface area contributed by atoms with Gasteiger partial charge in [0.15, 0.2) is 0 Å². The lowest BCUT2D eigenvalue weighted by Crippen LogP contribution is -2.43. The molecule has 1 N–H and O–H groups in total. The van der Waals surface area contributed by atoms with E-state index in [4.69, 9.17) is 16.3 Å². The van der Waals surface area contributed by atoms with Crippen LogP contribution in [0.25, 0.3) is 0 Å². The predicted molar refractivity (Wildman–Crippen MR) is 77.8 cm³/mol. The fourth-order valence-corrected chi connectivity index (χ4v) is 2.87. The first-order chi connectivity index (χ1) is 10.0. The molecule has 0 aliphatic carbocycles. The molecule has 0 aromatic heterocycles. The second-order valence-electron chi connectivity index (χ2n) is 5.23. The van der Waals surface area contributed by atoms with Crippen LogP contribution in [-0.2, 0) is 16.1 Å². The maximum absolute atomic E-state index is 14.0. The van der Waals surface area contributed by atoms with Crippen molar-refractivity contribution in [3.8, 4) is 0 Å². The molecule has 0 bridgehead atoms. The zero-order chi connectivity index (χ0) is 15.4. The molecular formula is C15H19ClFNO3. The fraction of sp³-hybridized carbons (Fsp3) is 0.533. The molecule has 1 aliphatic heterocycles. The van der Waals surface area contributed by atoms with Gasteiger partial charge in [-0.25, -0.2) is 4.39 Å². The summed E-state index contributed by atoms with van der Waals surface area (Å²) in [4.78, 5) is 13.3. The van der Waals surface area contributed by atoms with E-state index >= 15 is 0 Å². The summed E-state index contributed by atoms with van der Waals surface area (Å²) in [5, 5.41) is 9.35. The molecule has 2 unspecified atom stereocenters. The molecule has 21 heavy (non-hydrogen) atoms. The molecule has 1 aliphatic rings. The van der Waals surface area contributed by atoms with Gasteiger partial charge < -0.3 is 9.84 Å². The molecule has 2 rings (SSSR count). The molecule has 0 saturated carbocycles. The molecule has 0 spiro atoms. The Bertz CT molecular complexity index is 512. The summed E-state index contributed by atoms with van der Waals surface area (Å²) >= 11 is 5.80. The van der Waals surface area contributed by atoms with Gasteiger partial charge in [-0.3, -0.25) is 9.69 Å². The van der Waals surface area contributed by atoms with Gasteiger partial charge in [-0.15, -0.1) is 0 Å². The van der Waals surface area contributed by atoms with Gasteiger partial charge in [-0.1, -0.05) is 30.7 Å². The maximum atomic E-state index is 14.0. The van der Waals surface area contributed by atoms with Gasteiger partial charge in [0.25, 0.3) is 0 Å². The quantitative estimate of drug-likeness (QED) is 0.877. The first-order valence-corrected chi connectivity index (χ1v) is 7.39. The Balaban J connectivity index is 2.19. The Labute approximate surface area is 128 Å². The average Bonchev–Trinajstić information content (AvgIpc) is 2.92. The van der Waals surface area contributed by atoms with Gasteiger partial charge in [0.2, 0.25) is 0 Å². The molecule has 1 heterocycles. The smallest absolute Gasteiger partial charge is 0.310 e. The number of carboxylic acids is 1. The number of aliphatic carboxylic acids is 1. The highest BCUT2D eigenvalue weighted by atomic mass is 35.5. The minimum absolute atomic E-state index is 0.0846. The van der Waals surface area contributed by atoms with Gasteiger partial charge in [0.1, 0.15) is 5.82 Å². The number of carbonyl (C=O) groups is 1. The van der Waals surface area contributed by atoms with Crippen LogP contribution in [-0.4, -0.2) is 41.8 Å². The van der Waals surface area contributed by atoms with Crippen LogP contribution in [0.3, 0.4) is 0 Å². The van der Waals surface area contributed by atoms with Crippen molar-refractivity contribution in [2.24, 2.45) is 5.92 Å². The van der Waals surface area contributed by atoms with Gasteiger partial charge in [-0.05, 0) is 19.0 Å². The topological polar surface area (TPSA) is 49.8 Å². The van der Waals surface area contributed by atoms with E-state index in [2.05, 4.69) is 0 Å². The van der Waals surface area contributed by atoms with E-state index in [-0.39, 0.29) is 17.7 Å². The third-order valence-electron chi connectivity index (χ3n) is 3.75. The maximum Gasteiger partial charge on any atom is 0.310 e. The van der Waals surface area contributed by atoms with Crippen LogP contribution in [0.5, 0.6) is 0 Å². The lowest BCUT2D eigenvalue weighted by molar-refractivity contribution is -0.143. The van der Waals surface area contributed by atoms with Crippen molar-refractivity contribution in [2.45, 2.75) is 25.9 Å².